The largest absolute Gasteiger partial charge is 0.493 e. The van der Waals surface area contributed by atoms with E-state index < -0.39 is 17.5 Å². The normalized spacial score (nSPS) is 18.0. The number of hydrogen-bond acceptors (Lipinski definition) is 3. The van der Waals surface area contributed by atoms with E-state index in [4.69, 9.17) is 10.5 Å². The Balaban J connectivity index is 1.19. The van der Waals surface area contributed by atoms with E-state index in [1.54, 1.807) is 12.3 Å². The van der Waals surface area contributed by atoms with E-state index in [0.717, 1.165) is 61.7 Å². The van der Waals surface area contributed by atoms with Gasteiger partial charge in [0.05, 0.1) is 12.1 Å². The van der Waals surface area contributed by atoms with Crippen molar-refractivity contribution in [3.05, 3.63) is 64.9 Å². The van der Waals surface area contributed by atoms with E-state index in [0.29, 0.717) is 35.0 Å². The molecule has 1 unspecified atom stereocenters. The molecule has 2 aliphatic rings. The molecule has 1 aromatic heterocycles. The highest BCUT2D eigenvalue weighted by molar-refractivity contribution is 5.95. The maximum Gasteiger partial charge on any atom is 0.249 e. The van der Waals surface area contributed by atoms with Crippen molar-refractivity contribution in [3.63, 3.8) is 0 Å². The molecule has 1 amide bonds. The van der Waals surface area contributed by atoms with Gasteiger partial charge < -0.3 is 20.4 Å². The minimum absolute atomic E-state index is 0.343. The summed E-state index contributed by atoms with van der Waals surface area (Å²) in [6.45, 7) is 2.58. The van der Waals surface area contributed by atoms with Crippen LogP contribution in [0.4, 0.5) is 8.78 Å². The zero-order valence-electron chi connectivity index (χ0n) is 19.3. The maximum absolute atomic E-state index is 14.0. The zero-order valence-corrected chi connectivity index (χ0v) is 19.3. The molecular weight excluding hydrogens is 436 g/mol. The van der Waals surface area contributed by atoms with Crippen LogP contribution in [-0.2, 0) is 12.8 Å². The number of fused-ring (bicyclic) bond motifs is 2. The lowest BCUT2D eigenvalue weighted by molar-refractivity contribution is 0.0992. The molecule has 3 N–H and O–H groups in total. The number of halogens is 2. The van der Waals surface area contributed by atoms with Crippen LogP contribution in [0.5, 0.6) is 5.75 Å². The van der Waals surface area contributed by atoms with Crippen LogP contribution in [0.15, 0.2) is 36.5 Å². The maximum atomic E-state index is 14.0. The van der Waals surface area contributed by atoms with Gasteiger partial charge in [-0.05, 0) is 81.3 Å². The summed E-state index contributed by atoms with van der Waals surface area (Å²) in [5.41, 5.74) is 8.39. The Kier molecular flexibility index (Phi) is 6.55. The van der Waals surface area contributed by atoms with Crippen LogP contribution in [0.2, 0.25) is 0 Å². The number of hydrogen-bond donors (Lipinski definition) is 2. The van der Waals surface area contributed by atoms with Gasteiger partial charge in [0.15, 0.2) is 0 Å². The summed E-state index contributed by atoms with van der Waals surface area (Å²) >= 11 is 0. The van der Waals surface area contributed by atoms with E-state index in [9.17, 15) is 13.6 Å². The second-order valence-corrected chi connectivity index (χ2v) is 9.66. The predicted molar refractivity (Wildman–Crippen MR) is 128 cm³/mol. The summed E-state index contributed by atoms with van der Waals surface area (Å²) in [5.74, 6) is -0.384. The van der Waals surface area contributed by atoms with Crippen LogP contribution in [0.1, 0.15) is 53.6 Å². The first kappa shape index (κ1) is 22.8. The Morgan fingerprint density at radius 2 is 2.06 bits per heavy atom. The molecule has 1 atom stereocenters. The minimum Gasteiger partial charge on any atom is -0.493 e. The standard InChI is InChI=1S/C27H31F2N3O2/c28-19-13-22-18(15-31-26(22)24(29)14-19)4-3-10-32(20-5-1-6-20)11-9-17-12-23-21(27(30)33)7-2-8-25(23)34-16-17/h2,7-8,13-15,17,20,31H,1,3-6,9-12,16H2,(H2,30,33). The van der Waals surface area contributed by atoms with Gasteiger partial charge >= 0.3 is 0 Å². The summed E-state index contributed by atoms with van der Waals surface area (Å²) in [6, 6.07) is 8.43. The predicted octanol–water partition coefficient (Wildman–Crippen LogP) is 4.97. The molecule has 34 heavy (non-hydrogen) atoms. The van der Waals surface area contributed by atoms with Crippen molar-refractivity contribution < 1.29 is 18.3 Å². The first-order chi connectivity index (χ1) is 16.5. The van der Waals surface area contributed by atoms with E-state index in [2.05, 4.69) is 9.88 Å². The number of carbonyl (C=O) groups excluding carboxylic acids is 1. The van der Waals surface area contributed by atoms with Crippen LogP contribution in [-0.4, -0.2) is 41.5 Å². The molecule has 0 bridgehead atoms. The Morgan fingerprint density at radius 3 is 2.82 bits per heavy atom. The van der Waals surface area contributed by atoms with E-state index in [1.165, 1.54) is 25.3 Å². The summed E-state index contributed by atoms with van der Waals surface area (Å²) in [4.78, 5) is 17.3. The number of nitrogens with one attached hydrogen (secondary N) is 1. The van der Waals surface area contributed by atoms with E-state index >= 15 is 0 Å². The van der Waals surface area contributed by atoms with Crippen LogP contribution >= 0.6 is 0 Å². The minimum atomic E-state index is -0.548. The number of aryl methyl sites for hydroxylation is 1. The van der Waals surface area contributed by atoms with Crippen molar-refractivity contribution in [1.82, 2.24) is 9.88 Å². The zero-order chi connectivity index (χ0) is 23.7. The van der Waals surface area contributed by atoms with Gasteiger partial charge in [-0.3, -0.25) is 4.79 Å². The SMILES string of the molecule is NC(=O)c1cccc2c1CC(CCN(CCCc1c[nH]c3c(F)cc(F)cc13)C1CCC1)CO2. The summed E-state index contributed by atoms with van der Waals surface area (Å²) in [7, 11) is 0. The molecule has 1 aliphatic carbocycles. The summed E-state index contributed by atoms with van der Waals surface area (Å²) in [6.07, 6.45) is 9.01. The number of rotatable bonds is 9. The molecule has 180 valence electrons. The number of primary amides is 1. The van der Waals surface area contributed by atoms with Crippen LogP contribution in [0.3, 0.4) is 0 Å². The highest BCUT2D eigenvalue weighted by Gasteiger charge is 2.28. The third kappa shape index (κ3) is 4.67. The van der Waals surface area contributed by atoms with Crippen molar-refractivity contribution in [2.24, 2.45) is 11.7 Å². The lowest BCUT2D eigenvalue weighted by Gasteiger charge is -2.39. The van der Waals surface area contributed by atoms with Gasteiger partial charge in [0.25, 0.3) is 0 Å². The number of carbonyl (C=O) groups is 1. The van der Waals surface area contributed by atoms with E-state index in [-0.39, 0.29) is 0 Å². The summed E-state index contributed by atoms with van der Waals surface area (Å²) < 4.78 is 33.7. The molecule has 5 rings (SSSR count). The van der Waals surface area contributed by atoms with Gasteiger partial charge in [-0.2, -0.15) is 0 Å². The molecule has 2 aromatic carbocycles. The highest BCUT2D eigenvalue weighted by atomic mass is 19.1. The molecule has 5 nitrogen and oxygen atoms in total. The van der Waals surface area contributed by atoms with Crippen molar-refractivity contribution in [2.45, 2.75) is 51.0 Å². The highest BCUT2D eigenvalue weighted by Crippen LogP contribution is 2.32. The molecule has 1 saturated carbocycles. The Labute approximate surface area is 198 Å². The first-order valence-electron chi connectivity index (χ1n) is 12.2. The van der Waals surface area contributed by atoms with Gasteiger partial charge in [0.1, 0.15) is 17.4 Å². The number of benzene rings is 2. The lowest BCUT2D eigenvalue weighted by Crippen LogP contribution is -2.42. The monoisotopic (exact) mass is 467 g/mol. The molecule has 2 heterocycles. The van der Waals surface area contributed by atoms with E-state index in [1.807, 2.05) is 12.1 Å². The van der Waals surface area contributed by atoms with Crippen LogP contribution in [0.25, 0.3) is 10.9 Å². The Bertz CT molecular complexity index is 1190. The first-order valence-corrected chi connectivity index (χ1v) is 12.2. The van der Waals surface area contributed by atoms with Crippen molar-refractivity contribution in [2.75, 3.05) is 19.7 Å². The molecular formula is C27H31F2N3O2. The van der Waals surface area contributed by atoms with Crippen molar-refractivity contribution in [1.29, 1.82) is 0 Å². The molecule has 1 fully saturated rings. The lowest BCUT2D eigenvalue weighted by atomic mass is 9.88. The topological polar surface area (TPSA) is 71.4 Å². The van der Waals surface area contributed by atoms with Gasteiger partial charge in [-0.15, -0.1) is 0 Å². The van der Waals surface area contributed by atoms with Crippen LogP contribution < -0.4 is 10.5 Å². The number of aromatic nitrogens is 1. The van der Waals surface area contributed by atoms with Crippen molar-refractivity contribution in [3.8, 4) is 5.75 Å². The molecule has 7 heteroatoms. The third-order valence-corrected chi connectivity index (χ3v) is 7.46. The third-order valence-electron chi connectivity index (χ3n) is 7.46. The molecule has 0 saturated heterocycles. The molecule has 3 aromatic rings. The number of H-pyrrole nitrogens is 1. The molecule has 0 radical (unpaired) electrons. The number of ether oxygens (including phenoxy) is 1. The molecule has 0 spiro atoms. The van der Waals surface area contributed by atoms with Gasteiger partial charge in [-0.25, -0.2) is 8.78 Å². The fraction of sp³-hybridized carbons (Fsp3) is 0.444. The van der Waals surface area contributed by atoms with Gasteiger partial charge in [0.2, 0.25) is 5.91 Å². The second kappa shape index (κ2) is 9.74. The number of nitrogens with two attached hydrogens (primary N) is 1. The average molecular weight is 468 g/mol. The Morgan fingerprint density at radius 1 is 1.21 bits per heavy atom. The number of amides is 1. The fourth-order valence-corrected chi connectivity index (χ4v) is 5.35. The fourth-order valence-electron chi connectivity index (χ4n) is 5.35. The second-order valence-electron chi connectivity index (χ2n) is 9.66. The number of aromatic amines is 1. The van der Waals surface area contributed by atoms with Crippen molar-refractivity contribution >= 4 is 16.8 Å². The quantitative estimate of drug-likeness (QED) is 0.467. The molecule has 1 aliphatic heterocycles. The van der Waals surface area contributed by atoms with Gasteiger partial charge in [0, 0.05) is 34.8 Å². The summed E-state index contributed by atoms with van der Waals surface area (Å²) in [5, 5.41) is 0.635. The number of nitrogens with zero attached hydrogens (tertiary/aromatic N) is 1. The van der Waals surface area contributed by atoms with Crippen LogP contribution in [0, 0.1) is 17.6 Å². The van der Waals surface area contributed by atoms with Gasteiger partial charge in [-0.1, -0.05) is 12.5 Å². The average Bonchev–Trinajstić information content (AvgIpc) is 3.18. The smallest absolute Gasteiger partial charge is 0.249 e. The Hall–Kier alpha value is -2.93.